The van der Waals surface area contributed by atoms with Gasteiger partial charge in [-0.1, -0.05) is 44.2 Å². The van der Waals surface area contributed by atoms with Crippen LogP contribution in [0.2, 0.25) is 0 Å². The number of benzene rings is 2. The molecule has 0 unspecified atom stereocenters. The topological polar surface area (TPSA) is 73.2 Å². The van der Waals surface area contributed by atoms with Gasteiger partial charge in [0.05, 0.1) is 29.7 Å². The second-order valence-corrected chi connectivity index (χ2v) is 9.08. The summed E-state index contributed by atoms with van der Waals surface area (Å²) in [7, 11) is 0. The molecule has 0 spiro atoms. The SMILES string of the molecule is Cc1c(C(=O)Nc2ccc(OCC(C)C)cc2)sc2ncn(Cc3ccccc3)c(=O)c12. The zero-order chi connectivity index (χ0) is 22.7. The lowest BCUT2D eigenvalue weighted by Gasteiger charge is -2.09. The first-order chi connectivity index (χ1) is 15.4. The lowest BCUT2D eigenvalue weighted by atomic mass is 10.2. The van der Waals surface area contributed by atoms with Gasteiger partial charge in [0.25, 0.3) is 11.5 Å². The third-order valence-corrected chi connectivity index (χ3v) is 6.21. The largest absolute Gasteiger partial charge is 0.493 e. The van der Waals surface area contributed by atoms with Crippen molar-refractivity contribution in [3.63, 3.8) is 0 Å². The summed E-state index contributed by atoms with van der Waals surface area (Å²) in [4.78, 5) is 31.5. The van der Waals surface area contributed by atoms with Crippen LogP contribution >= 0.6 is 11.3 Å². The van der Waals surface area contributed by atoms with Crippen molar-refractivity contribution in [3.8, 4) is 5.75 Å². The Morgan fingerprint density at radius 1 is 1.12 bits per heavy atom. The minimum absolute atomic E-state index is 0.140. The first kappa shape index (κ1) is 21.8. The molecular formula is C25H25N3O3S. The molecular weight excluding hydrogens is 422 g/mol. The molecule has 7 heteroatoms. The van der Waals surface area contributed by atoms with Gasteiger partial charge in [-0.25, -0.2) is 4.98 Å². The van der Waals surface area contributed by atoms with E-state index in [-0.39, 0.29) is 11.5 Å². The molecule has 2 heterocycles. The van der Waals surface area contributed by atoms with Crippen molar-refractivity contribution in [1.29, 1.82) is 0 Å². The molecule has 2 aromatic heterocycles. The van der Waals surface area contributed by atoms with Crippen molar-refractivity contribution in [1.82, 2.24) is 9.55 Å². The van der Waals surface area contributed by atoms with E-state index in [9.17, 15) is 9.59 Å². The number of aryl methyl sites for hydroxylation is 1. The van der Waals surface area contributed by atoms with Crippen LogP contribution in [0.5, 0.6) is 5.75 Å². The van der Waals surface area contributed by atoms with E-state index in [1.54, 1.807) is 30.0 Å². The van der Waals surface area contributed by atoms with Crippen LogP contribution in [0.25, 0.3) is 10.2 Å². The van der Waals surface area contributed by atoms with E-state index in [0.29, 0.717) is 45.4 Å². The zero-order valence-electron chi connectivity index (χ0n) is 18.3. The van der Waals surface area contributed by atoms with Crippen molar-refractivity contribution < 1.29 is 9.53 Å². The number of carbonyl (C=O) groups is 1. The summed E-state index contributed by atoms with van der Waals surface area (Å²) in [6.07, 6.45) is 1.55. The van der Waals surface area contributed by atoms with Gasteiger partial charge < -0.3 is 10.1 Å². The van der Waals surface area contributed by atoms with Crippen LogP contribution in [0.1, 0.15) is 34.6 Å². The van der Waals surface area contributed by atoms with E-state index < -0.39 is 0 Å². The zero-order valence-corrected chi connectivity index (χ0v) is 19.1. The second-order valence-electron chi connectivity index (χ2n) is 8.08. The summed E-state index contributed by atoms with van der Waals surface area (Å²) in [6.45, 7) is 7.05. The number of thiophene rings is 1. The van der Waals surface area contributed by atoms with E-state index in [1.165, 1.54) is 11.3 Å². The highest BCUT2D eigenvalue weighted by Crippen LogP contribution is 2.28. The number of carbonyl (C=O) groups excluding carboxylic acids is 1. The van der Waals surface area contributed by atoms with Crippen molar-refractivity contribution in [3.05, 3.63) is 87.3 Å². The van der Waals surface area contributed by atoms with E-state index in [4.69, 9.17) is 4.74 Å². The van der Waals surface area contributed by atoms with Gasteiger partial charge in [-0.05, 0) is 48.2 Å². The predicted octanol–water partition coefficient (Wildman–Crippen LogP) is 5.10. The number of aromatic nitrogens is 2. The molecule has 0 fully saturated rings. The third-order valence-electron chi connectivity index (χ3n) is 5.01. The Labute approximate surface area is 190 Å². The first-order valence-corrected chi connectivity index (χ1v) is 11.3. The number of rotatable bonds is 7. The number of ether oxygens (including phenoxy) is 1. The molecule has 0 saturated carbocycles. The Morgan fingerprint density at radius 3 is 2.53 bits per heavy atom. The standard InChI is InChI=1S/C25H25N3O3S/c1-16(2)14-31-20-11-9-19(10-12-20)27-23(29)22-17(3)21-24(32-22)26-15-28(25(21)30)13-18-7-5-4-6-8-18/h4-12,15-16H,13-14H2,1-3H3,(H,27,29). The summed E-state index contributed by atoms with van der Waals surface area (Å²) in [5.74, 6) is 0.949. The molecule has 0 bridgehead atoms. The molecule has 1 amide bonds. The van der Waals surface area contributed by atoms with Gasteiger partial charge >= 0.3 is 0 Å². The first-order valence-electron chi connectivity index (χ1n) is 10.5. The number of hydrogen-bond acceptors (Lipinski definition) is 5. The molecule has 0 saturated heterocycles. The van der Waals surface area contributed by atoms with Gasteiger partial charge in [0.2, 0.25) is 0 Å². The van der Waals surface area contributed by atoms with E-state index in [2.05, 4.69) is 24.1 Å². The van der Waals surface area contributed by atoms with Gasteiger partial charge in [-0.3, -0.25) is 14.2 Å². The lowest BCUT2D eigenvalue weighted by molar-refractivity contribution is 0.103. The van der Waals surface area contributed by atoms with Crippen molar-refractivity contribution in [2.45, 2.75) is 27.3 Å². The molecule has 0 radical (unpaired) electrons. The van der Waals surface area contributed by atoms with Crippen LogP contribution in [0, 0.1) is 12.8 Å². The average Bonchev–Trinajstić information content (AvgIpc) is 3.13. The van der Waals surface area contributed by atoms with Gasteiger partial charge in [0.15, 0.2) is 0 Å². The smallest absolute Gasteiger partial charge is 0.266 e. The van der Waals surface area contributed by atoms with Crippen LogP contribution in [-0.4, -0.2) is 22.1 Å². The normalized spacial score (nSPS) is 11.1. The summed E-state index contributed by atoms with van der Waals surface area (Å²) in [5.41, 5.74) is 2.19. The molecule has 0 atom stereocenters. The van der Waals surface area contributed by atoms with Crippen LogP contribution in [0.3, 0.4) is 0 Å². The number of amides is 1. The molecule has 4 rings (SSSR count). The summed E-state index contributed by atoms with van der Waals surface area (Å²) in [5, 5.41) is 3.40. The number of fused-ring (bicyclic) bond motifs is 1. The third kappa shape index (κ3) is 4.73. The molecule has 164 valence electrons. The summed E-state index contributed by atoms with van der Waals surface area (Å²) < 4.78 is 7.26. The molecule has 0 aliphatic rings. The number of nitrogens with one attached hydrogen (secondary N) is 1. The highest BCUT2D eigenvalue weighted by atomic mass is 32.1. The fourth-order valence-corrected chi connectivity index (χ4v) is 4.39. The van der Waals surface area contributed by atoms with Crippen molar-refractivity contribution in [2.24, 2.45) is 5.92 Å². The Hall–Kier alpha value is -3.45. The van der Waals surface area contributed by atoms with Gasteiger partial charge in [-0.15, -0.1) is 11.3 Å². The van der Waals surface area contributed by atoms with Crippen LogP contribution in [0.15, 0.2) is 65.7 Å². The maximum atomic E-state index is 13.1. The number of nitrogens with zero attached hydrogens (tertiary/aromatic N) is 2. The van der Waals surface area contributed by atoms with Crippen LogP contribution < -0.4 is 15.6 Å². The van der Waals surface area contributed by atoms with E-state index in [1.807, 2.05) is 42.5 Å². The molecule has 6 nitrogen and oxygen atoms in total. The molecule has 1 N–H and O–H groups in total. The fraction of sp³-hybridized carbons (Fsp3) is 0.240. The maximum absolute atomic E-state index is 13.1. The maximum Gasteiger partial charge on any atom is 0.266 e. The molecule has 0 aliphatic carbocycles. The van der Waals surface area contributed by atoms with E-state index in [0.717, 1.165) is 11.3 Å². The minimum Gasteiger partial charge on any atom is -0.493 e. The van der Waals surface area contributed by atoms with Gasteiger partial charge in [0.1, 0.15) is 10.6 Å². The summed E-state index contributed by atoms with van der Waals surface area (Å²) >= 11 is 1.23. The molecule has 2 aromatic carbocycles. The van der Waals surface area contributed by atoms with Crippen molar-refractivity contribution in [2.75, 3.05) is 11.9 Å². The number of hydrogen-bond donors (Lipinski definition) is 1. The van der Waals surface area contributed by atoms with Gasteiger partial charge in [-0.2, -0.15) is 0 Å². The Balaban J connectivity index is 1.55. The molecule has 4 aromatic rings. The van der Waals surface area contributed by atoms with Crippen LogP contribution in [0.4, 0.5) is 5.69 Å². The summed E-state index contributed by atoms with van der Waals surface area (Å²) in [6, 6.07) is 17.0. The monoisotopic (exact) mass is 447 g/mol. The second kappa shape index (κ2) is 9.36. The van der Waals surface area contributed by atoms with Crippen molar-refractivity contribution >= 4 is 33.1 Å². The Kier molecular flexibility index (Phi) is 6.37. The lowest BCUT2D eigenvalue weighted by Crippen LogP contribution is -2.21. The van der Waals surface area contributed by atoms with E-state index >= 15 is 0 Å². The Bertz CT molecular complexity index is 1290. The predicted molar refractivity (Wildman–Crippen MR) is 129 cm³/mol. The van der Waals surface area contributed by atoms with Gasteiger partial charge in [0, 0.05) is 5.69 Å². The quantitative estimate of drug-likeness (QED) is 0.428. The highest BCUT2D eigenvalue weighted by Gasteiger charge is 2.19. The average molecular weight is 448 g/mol. The van der Waals surface area contributed by atoms with Crippen LogP contribution in [-0.2, 0) is 6.54 Å². The number of anilines is 1. The minimum atomic E-state index is -0.254. The Morgan fingerprint density at radius 2 is 1.84 bits per heavy atom. The fourth-order valence-electron chi connectivity index (χ4n) is 3.35. The highest BCUT2D eigenvalue weighted by molar-refractivity contribution is 7.20. The molecule has 0 aliphatic heterocycles. The molecule has 32 heavy (non-hydrogen) atoms.